The van der Waals surface area contributed by atoms with Crippen LogP contribution >= 0.6 is 23.2 Å². The lowest BCUT2D eigenvalue weighted by atomic mass is 10.3. The first-order chi connectivity index (χ1) is 9.02. The Labute approximate surface area is 123 Å². The summed E-state index contributed by atoms with van der Waals surface area (Å²) >= 11 is 11.3. The minimum Gasteiger partial charge on any atom is -0.462 e. The Morgan fingerprint density at radius 2 is 1.21 bits per heavy atom. The van der Waals surface area contributed by atoms with Gasteiger partial charge in [0.05, 0.1) is 13.2 Å². The standard InChI is InChI=1S/C12H20Cl2O5/c1-3-9(13)11(15)18-7-5-17-6-8-19-12(16)10(14)4-2/h9-10H,3-8H2,1-2H3. The highest BCUT2D eigenvalue weighted by molar-refractivity contribution is 6.30. The summed E-state index contributed by atoms with van der Waals surface area (Å²) in [6.07, 6.45) is 1.04. The van der Waals surface area contributed by atoms with Crippen molar-refractivity contribution in [3.8, 4) is 0 Å². The third kappa shape index (κ3) is 9.08. The largest absolute Gasteiger partial charge is 0.462 e. The van der Waals surface area contributed by atoms with E-state index in [0.717, 1.165) is 0 Å². The maximum absolute atomic E-state index is 11.2. The van der Waals surface area contributed by atoms with E-state index >= 15 is 0 Å². The summed E-state index contributed by atoms with van der Waals surface area (Å²) in [6.45, 7) is 4.31. The monoisotopic (exact) mass is 314 g/mol. The molecule has 0 spiro atoms. The van der Waals surface area contributed by atoms with Crippen LogP contribution in [0.15, 0.2) is 0 Å². The highest BCUT2D eigenvalue weighted by Crippen LogP contribution is 2.04. The normalized spacial score (nSPS) is 13.7. The molecule has 0 rings (SSSR count). The van der Waals surface area contributed by atoms with Crippen LogP contribution in [0.4, 0.5) is 0 Å². The van der Waals surface area contributed by atoms with Gasteiger partial charge >= 0.3 is 11.9 Å². The fraction of sp³-hybridized carbons (Fsp3) is 0.833. The van der Waals surface area contributed by atoms with Gasteiger partial charge in [0.1, 0.15) is 24.0 Å². The number of hydrogen-bond acceptors (Lipinski definition) is 5. The quantitative estimate of drug-likeness (QED) is 0.351. The SMILES string of the molecule is CCC(Cl)C(=O)OCCOCCOC(=O)C(Cl)CC. The Bertz CT molecular complexity index is 247. The van der Waals surface area contributed by atoms with Gasteiger partial charge in [0.2, 0.25) is 0 Å². The molecule has 7 heteroatoms. The molecule has 0 aliphatic carbocycles. The van der Waals surface area contributed by atoms with Crippen LogP contribution in [0.1, 0.15) is 26.7 Å². The molecule has 0 radical (unpaired) electrons. The van der Waals surface area contributed by atoms with Crippen LogP contribution in [-0.2, 0) is 23.8 Å². The molecule has 0 aromatic heterocycles. The van der Waals surface area contributed by atoms with Gasteiger partial charge in [0.25, 0.3) is 0 Å². The second-order valence-electron chi connectivity index (χ2n) is 3.70. The molecule has 0 aliphatic heterocycles. The third-order valence-corrected chi connectivity index (χ3v) is 3.15. The van der Waals surface area contributed by atoms with Gasteiger partial charge in [-0.25, -0.2) is 0 Å². The summed E-state index contributed by atoms with van der Waals surface area (Å²) < 4.78 is 14.8. The lowest BCUT2D eigenvalue weighted by Crippen LogP contribution is -2.21. The smallest absolute Gasteiger partial charge is 0.324 e. The first kappa shape index (κ1) is 18.5. The Morgan fingerprint density at radius 1 is 0.842 bits per heavy atom. The summed E-state index contributed by atoms with van der Waals surface area (Å²) in [6, 6.07) is 0. The molecule has 0 fully saturated rings. The van der Waals surface area contributed by atoms with Crippen LogP contribution in [0, 0.1) is 0 Å². The van der Waals surface area contributed by atoms with Crippen LogP contribution in [0.25, 0.3) is 0 Å². The Morgan fingerprint density at radius 3 is 1.53 bits per heavy atom. The van der Waals surface area contributed by atoms with Gasteiger partial charge in [0, 0.05) is 0 Å². The number of hydrogen-bond donors (Lipinski definition) is 0. The third-order valence-electron chi connectivity index (χ3n) is 2.17. The zero-order chi connectivity index (χ0) is 14.7. The van der Waals surface area contributed by atoms with Crippen molar-refractivity contribution in [3.63, 3.8) is 0 Å². The van der Waals surface area contributed by atoms with Crippen molar-refractivity contribution in [2.45, 2.75) is 37.4 Å². The Hall–Kier alpha value is -0.520. The van der Waals surface area contributed by atoms with Crippen LogP contribution in [0.3, 0.4) is 0 Å². The Balaban J connectivity index is 3.42. The van der Waals surface area contributed by atoms with E-state index in [1.165, 1.54) is 0 Å². The number of ether oxygens (including phenoxy) is 3. The van der Waals surface area contributed by atoms with Gasteiger partial charge in [0.15, 0.2) is 0 Å². The number of carbonyl (C=O) groups excluding carboxylic acids is 2. The summed E-state index contributed by atoms with van der Waals surface area (Å²) in [7, 11) is 0. The number of rotatable bonds is 10. The van der Waals surface area contributed by atoms with Crippen molar-refractivity contribution in [1.82, 2.24) is 0 Å². The van der Waals surface area contributed by atoms with E-state index in [1.807, 2.05) is 0 Å². The highest BCUT2D eigenvalue weighted by atomic mass is 35.5. The van der Waals surface area contributed by atoms with Crippen molar-refractivity contribution in [2.24, 2.45) is 0 Å². The molecule has 0 aromatic carbocycles. The van der Waals surface area contributed by atoms with Gasteiger partial charge in [-0.05, 0) is 12.8 Å². The first-order valence-electron chi connectivity index (χ1n) is 6.22. The molecule has 0 aliphatic rings. The number of alkyl halides is 2. The summed E-state index contributed by atoms with van der Waals surface area (Å²) in [4.78, 5) is 22.3. The molecule has 112 valence electrons. The molecule has 0 N–H and O–H groups in total. The average molecular weight is 315 g/mol. The maximum Gasteiger partial charge on any atom is 0.324 e. The fourth-order valence-corrected chi connectivity index (χ4v) is 1.14. The Kier molecular flexibility index (Phi) is 11.0. The molecule has 0 saturated carbocycles. The van der Waals surface area contributed by atoms with Crippen molar-refractivity contribution in [1.29, 1.82) is 0 Å². The molecule has 0 aromatic rings. The van der Waals surface area contributed by atoms with Crippen molar-refractivity contribution in [3.05, 3.63) is 0 Å². The van der Waals surface area contributed by atoms with E-state index < -0.39 is 22.7 Å². The predicted octanol–water partition coefficient (Wildman–Crippen LogP) is 2.12. The number of halogens is 2. The van der Waals surface area contributed by atoms with Crippen molar-refractivity contribution < 1.29 is 23.8 Å². The average Bonchev–Trinajstić information content (AvgIpc) is 2.43. The second kappa shape index (κ2) is 11.3. The second-order valence-corrected chi connectivity index (χ2v) is 4.75. The molecular formula is C12H20Cl2O5. The van der Waals surface area contributed by atoms with Gasteiger partial charge in [-0.3, -0.25) is 9.59 Å². The minimum absolute atomic E-state index is 0.128. The van der Waals surface area contributed by atoms with E-state index in [9.17, 15) is 9.59 Å². The fourth-order valence-electron chi connectivity index (χ4n) is 1.02. The molecular weight excluding hydrogens is 295 g/mol. The van der Waals surface area contributed by atoms with E-state index in [0.29, 0.717) is 12.8 Å². The zero-order valence-electron chi connectivity index (χ0n) is 11.2. The van der Waals surface area contributed by atoms with Crippen molar-refractivity contribution in [2.75, 3.05) is 26.4 Å². The summed E-state index contributed by atoms with van der Waals surface area (Å²) in [5, 5.41) is -1.23. The van der Waals surface area contributed by atoms with Crippen LogP contribution in [0.5, 0.6) is 0 Å². The van der Waals surface area contributed by atoms with Gasteiger partial charge in [-0.2, -0.15) is 0 Å². The molecule has 5 nitrogen and oxygen atoms in total. The van der Waals surface area contributed by atoms with Gasteiger partial charge < -0.3 is 14.2 Å². The number of esters is 2. The summed E-state index contributed by atoms with van der Waals surface area (Å²) in [5.74, 6) is -0.903. The topological polar surface area (TPSA) is 61.8 Å². The molecule has 19 heavy (non-hydrogen) atoms. The van der Waals surface area contributed by atoms with E-state index in [2.05, 4.69) is 0 Å². The van der Waals surface area contributed by atoms with Gasteiger partial charge in [-0.15, -0.1) is 23.2 Å². The van der Waals surface area contributed by atoms with Crippen LogP contribution in [0.2, 0.25) is 0 Å². The van der Waals surface area contributed by atoms with Gasteiger partial charge in [-0.1, -0.05) is 13.8 Å². The minimum atomic E-state index is -0.615. The van der Waals surface area contributed by atoms with Crippen LogP contribution < -0.4 is 0 Å². The molecule has 0 bridgehead atoms. The molecule has 2 atom stereocenters. The number of carbonyl (C=O) groups is 2. The molecule has 0 saturated heterocycles. The lowest BCUT2D eigenvalue weighted by molar-refractivity contribution is -0.146. The molecule has 0 heterocycles. The molecule has 0 amide bonds. The van der Waals surface area contributed by atoms with Crippen LogP contribution in [-0.4, -0.2) is 49.1 Å². The maximum atomic E-state index is 11.2. The lowest BCUT2D eigenvalue weighted by Gasteiger charge is -2.09. The predicted molar refractivity (Wildman–Crippen MR) is 72.6 cm³/mol. The van der Waals surface area contributed by atoms with E-state index in [1.54, 1.807) is 13.8 Å². The summed E-state index contributed by atoms with van der Waals surface area (Å²) in [5.41, 5.74) is 0. The van der Waals surface area contributed by atoms with E-state index in [4.69, 9.17) is 37.4 Å². The molecule has 2 unspecified atom stereocenters. The first-order valence-corrected chi connectivity index (χ1v) is 7.09. The zero-order valence-corrected chi connectivity index (χ0v) is 12.7. The van der Waals surface area contributed by atoms with Crippen molar-refractivity contribution >= 4 is 35.1 Å². The highest BCUT2D eigenvalue weighted by Gasteiger charge is 2.14. The van der Waals surface area contributed by atoms with E-state index in [-0.39, 0.29) is 26.4 Å².